The van der Waals surface area contributed by atoms with Gasteiger partial charge in [0.2, 0.25) is 0 Å². The first-order chi connectivity index (χ1) is 39.7. The number of azo groups is 1. The first kappa shape index (κ1) is 72.2. The summed E-state index contributed by atoms with van der Waals surface area (Å²) in [7, 11) is -13.4. The van der Waals surface area contributed by atoms with Gasteiger partial charge in [0.15, 0.2) is 10.0 Å². The lowest BCUT2D eigenvalue weighted by atomic mass is 10.2. The van der Waals surface area contributed by atoms with Crippen molar-refractivity contribution < 1.29 is 73.9 Å². The number of fused-ring (bicyclic) bond motifs is 3. The molecule has 454 valence electrons. The molecule has 3 aromatic heterocycles. The Hall–Kier alpha value is -8.92. The van der Waals surface area contributed by atoms with Crippen molar-refractivity contribution in [2.24, 2.45) is 24.4 Å². The molecule has 41 heteroatoms. The van der Waals surface area contributed by atoms with Crippen molar-refractivity contribution >= 4 is 147 Å². The second kappa shape index (κ2) is 35.3. The van der Waals surface area contributed by atoms with Gasteiger partial charge >= 0.3 is 31.0 Å². The van der Waals surface area contributed by atoms with E-state index >= 15 is 0 Å². The first-order valence-electron chi connectivity index (χ1n) is 22.6. The minimum atomic E-state index is -4.67. The van der Waals surface area contributed by atoms with Gasteiger partial charge in [0.05, 0.1) is 62.0 Å². The van der Waals surface area contributed by atoms with Crippen LogP contribution in [0, 0.1) is 53.0 Å². The van der Waals surface area contributed by atoms with E-state index in [2.05, 4.69) is 82.6 Å². The number of hydrogen-bond donors (Lipinski definition) is 7. The molecular formula is C44H48N16O19S6. The molecule has 0 aliphatic heterocycles. The summed E-state index contributed by atoms with van der Waals surface area (Å²) in [6.07, 6.45) is 1.06. The summed E-state index contributed by atoms with van der Waals surface area (Å²) in [6.45, 7) is 7.40. The summed E-state index contributed by atoms with van der Waals surface area (Å²) < 4.78 is 93.0. The van der Waals surface area contributed by atoms with Gasteiger partial charge in [-0.05, 0) is 112 Å². The lowest BCUT2D eigenvalue weighted by molar-refractivity contribution is -0.384. The van der Waals surface area contributed by atoms with Crippen LogP contribution in [-0.4, -0.2) is 104 Å². The molecule has 0 saturated carbocycles. The largest absolute Gasteiger partial charge is 0.425 e. The summed E-state index contributed by atoms with van der Waals surface area (Å²) in [5.41, 5.74) is 10.1. The van der Waals surface area contributed by atoms with E-state index < -0.39 is 45.8 Å². The van der Waals surface area contributed by atoms with E-state index in [1.807, 2.05) is 49.4 Å². The van der Waals surface area contributed by atoms with Gasteiger partial charge in [-0.25, -0.2) is 10.5 Å². The highest BCUT2D eigenvalue weighted by molar-refractivity contribution is 7.85. The number of nitrogens with two attached hydrogens (primary N) is 1. The average molecular weight is 1300 g/mol. The lowest BCUT2D eigenvalue weighted by Gasteiger charge is -2.21. The monoisotopic (exact) mass is 1300 g/mol. The van der Waals surface area contributed by atoms with Crippen LogP contribution in [0.4, 0.5) is 49.1 Å². The molecule has 0 fully saturated rings. The predicted molar refractivity (Wildman–Crippen MR) is 313 cm³/mol. The summed E-state index contributed by atoms with van der Waals surface area (Å²) in [5, 5.41) is 86.3. The number of nitro groups is 3. The zero-order valence-corrected chi connectivity index (χ0v) is 47.8. The van der Waals surface area contributed by atoms with Crippen molar-refractivity contribution in [1.29, 1.82) is 10.5 Å². The fourth-order valence-electron chi connectivity index (χ4n) is 6.16. The molecule has 3 heterocycles. The van der Waals surface area contributed by atoms with E-state index in [9.17, 15) is 43.0 Å². The molecule has 0 aliphatic carbocycles. The van der Waals surface area contributed by atoms with E-state index in [1.165, 1.54) is 48.2 Å². The highest BCUT2D eigenvalue weighted by atomic mass is 32.3. The van der Waals surface area contributed by atoms with Gasteiger partial charge in [-0.2, -0.15) is 44.7 Å². The third kappa shape index (κ3) is 24.8. The Kier molecular flexibility index (Phi) is 30.0. The third-order valence-electron chi connectivity index (χ3n) is 9.87. The van der Waals surface area contributed by atoms with Crippen molar-refractivity contribution in [1.82, 2.24) is 13.1 Å². The van der Waals surface area contributed by atoms with Gasteiger partial charge in [-0.3, -0.25) is 49.2 Å². The number of nitro benzene ring substituents is 3. The van der Waals surface area contributed by atoms with Gasteiger partial charge in [-0.15, -0.1) is 19.7 Å². The molecular weight excluding hydrogens is 1250 g/mol. The number of rotatable bonds is 17. The number of nitrogens with zero attached hydrogens (tertiary/aromatic N) is 15. The Labute approximate surface area is 494 Å². The second-order valence-corrected chi connectivity index (χ2v) is 20.7. The molecule has 0 bridgehead atoms. The number of hydrogen-bond acceptors (Lipinski definition) is 30. The third-order valence-corrected chi connectivity index (χ3v) is 13.0. The quantitative estimate of drug-likeness (QED) is 0.0146. The lowest BCUT2D eigenvalue weighted by Crippen LogP contribution is -2.23. The molecule has 35 nitrogen and oxygen atoms in total. The number of non-ortho nitro benzene ring substituents is 3. The maximum Gasteiger partial charge on any atom is 0.425 e. The number of para-hydroxylation sites is 1. The van der Waals surface area contributed by atoms with E-state index in [-0.39, 0.29) is 34.9 Å². The molecule has 0 amide bonds. The van der Waals surface area contributed by atoms with E-state index in [1.54, 1.807) is 16.7 Å². The smallest absolute Gasteiger partial charge is 0.389 e. The Balaban J connectivity index is 0.000000374. The van der Waals surface area contributed by atoms with Crippen LogP contribution < -0.4 is 15.5 Å². The van der Waals surface area contributed by atoms with Gasteiger partial charge in [0.25, 0.3) is 17.1 Å². The highest BCUT2D eigenvalue weighted by Gasteiger charge is 2.16. The summed E-state index contributed by atoms with van der Waals surface area (Å²) >= 11 is 3.09. The molecule has 8 N–H and O–H groups in total. The minimum Gasteiger partial charge on any atom is -0.389 e. The van der Waals surface area contributed by atoms with Crippen molar-refractivity contribution in [2.75, 3.05) is 41.7 Å². The van der Waals surface area contributed by atoms with Crippen molar-refractivity contribution in [2.45, 2.75) is 34.1 Å². The number of benzene rings is 5. The van der Waals surface area contributed by atoms with Crippen LogP contribution in [0.3, 0.4) is 0 Å². The van der Waals surface area contributed by atoms with Crippen LogP contribution in [0.15, 0.2) is 134 Å². The SMILES string of the molecule is C.CCN(CCC#N)c1ccc(N=Nc2snc3ccc([N+](=O)[O-])cc23)cc1.CCN(CCC#N)c1ccccc1.Nc1snc2ccc([N+](=O)[O-])cc12.O=S(=O)(O)O.O=S(O)(=NO)OO.O=[N+]([O-])c1ccc2nsc(N=NS(=O)(=O)OO)c2c1. The van der Waals surface area contributed by atoms with Crippen LogP contribution in [0.1, 0.15) is 34.1 Å². The second-order valence-electron chi connectivity index (χ2n) is 15.2. The standard InChI is InChI=1S/C18H16N6O2S.C11H14N2.C7H4N4O6S2.C7H5N3O2S.CH4.H3NO5S.H2O4S/c1-2-23(11-3-10-19)14-6-4-13(5-7-14)20-21-18-16-12-15(24(25)26)8-9-17(16)22-27-18;1-2-13(10-6-9-12)11-7-4-3-5-8-11;12-11(13)4-1-2-6-5(3-4)7(18-9-6)8-10-19(15,16)17-14;8-7-5-3-4(10(11)12)1-2-6(5)9-13-7;;2-1-7(4,5)6-3;1-5(2,3)4/h4-9,12H,2-3,11H2,1H3;3-5,7-8H,2,6,10H2,1H3;1-3,14H;1-3H,8H2;1H4;2-3H,(H,1,4,5);(H2,1,2,3,4). The Morgan fingerprint density at radius 1 is 0.612 bits per heavy atom. The topological polar surface area (TPSA) is 535 Å². The van der Waals surface area contributed by atoms with Crippen LogP contribution in [-0.2, 0) is 39.7 Å². The average Bonchev–Trinajstić information content (AvgIpc) is 4.41. The Morgan fingerprint density at radius 3 is 1.39 bits per heavy atom. The number of nitrogen functional groups attached to an aromatic ring is 1. The van der Waals surface area contributed by atoms with E-state index in [0.717, 1.165) is 59.9 Å². The van der Waals surface area contributed by atoms with Crippen molar-refractivity contribution in [3.63, 3.8) is 0 Å². The van der Waals surface area contributed by atoms with Gasteiger partial charge in [-0.1, -0.05) is 30.0 Å². The zero-order valence-electron chi connectivity index (χ0n) is 42.9. The van der Waals surface area contributed by atoms with Crippen LogP contribution in [0.25, 0.3) is 32.7 Å². The maximum atomic E-state index is 10.9. The molecule has 85 heavy (non-hydrogen) atoms. The molecule has 0 radical (unpaired) electrons. The Morgan fingerprint density at radius 2 is 1.01 bits per heavy atom. The normalized spacial score (nSPS) is 11.4. The van der Waals surface area contributed by atoms with E-state index in [0.29, 0.717) is 62.4 Å². The number of aromatic nitrogens is 3. The van der Waals surface area contributed by atoms with Crippen LogP contribution in [0.2, 0.25) is 0 Å². The highest BCUT2D eigenvalue weighted by Crippen LogP contribution is 2.36. The summed E-state index contributed by atoms with van der Waals surface area (Å²) in [6, 6.07) is 34.9. The first-order valence-corrected chi connectivity index (χ1v) is 29.1. The fraction of sp³-hybridized carbons (Fsp3) is 0.205. The van der Waals surface area contributed by atoms with Crippen molar-refractivity contribution in [3.05, 3.63) is 140 Å². The molecule has 8 aromatic rings. The molecule has 8 rings (SSSR count). The van der Waals surface area contributed by atoms with E-state index in [4.69, 9.17) is 54.1 Å². The van der Waals surface area contributed by atoms with Gasteiger partial charge < -0.3 is 15.5 Å². The molecule has 5 aromatic carbocycles. The number of nitriles is 2. The molecule has 0 spiro atoms. The van der Waals surface area contributed by atoms with Gasteiger partial charge in [0.1, 0.15) is 5.00 Å². The minimum absolute atomic E-state index is 0. The maximum absolute atomic E-state index is 10.9. The summed E-state index contributed by atoms with van der Waals surface area (Å²) in [4.78, 5) is 34.8. The molecule has 0 aliphatic rings. The molecule has 0 saturated heterocycles. The fourth-order valence-corrected chi connectivity index (χ4v) is 8.44. The van der Waals surface area contributed by atoms with Gasteiger partial charge in [0, 0.05) is 90.1 Å². The number of anilines is 3. The molecule has 1 atom stereocenters. The van der Waals surface area contributed by atoms with Crippen LogP contribution in [0.5, 0.6) is 0 Å². The zero-order chi connectivity index (χ0) is 62.6. The van der Waals surface area contributed by atoms with Crippen LogP contribution >= 0.6 is 34.6 Å². The predicted octanol–water partition coefficient (Wildman–Crippen LogP) is 11.3. The summed E-state index contributed by atoms with van der Waals surface area (Å²) in [5.74, 6) is 0. The van der Waals surface area contributed by atoms with Crippen molar-refractivity contribution in [3.8, 4) is 12.1 Å². The molecule has 1 unspecified atom stereocenters. The Bertz CT molecular complexity index is 4010.